The molecule has 0 saturated carbocycles. The van der Waals surface area contributed by atoms with Crippen LogP contribution in [0.15, 0.2) is 53.7 Å². The first-order valence-electron chi connectivity index (χ1n) is 8.72. The van der Waals surface area contributed by atoms with E-state index in [1.807, 2.05) is 42.7 Å². The second-order valence-corrected chi connectivity index (χ2v) is 7.43. The molecule has 7 heteroatoms. The third-order valence-electron chi connectivity index (χ3n) is 4.16. The predicted molar refractivity (Wildman–Crippen MR) is 106 cm³/mol. The number of benzene rings is 2. The summed E-state index contributed by atoms with van der Waals surface area (Å²) in [6.45, 7) is 6.54. The van der Waals surface area contributed by atoms with Gasteiger partial charge in [-0.15, -0.1) is 10.2 Å². The van der Waals surface area contributed by atoms with Crippen LogP contribution in [0.1, 0.15) is 19.4 Å². The minimum Gasteiger partial charge on any atom is -0.325 e. The van der Waals surface area contributed by atoms with E-state index in [4.69, 9.17) is 0 Å². The standard InChI is InChI=1S/C20H21FN4OS/c1-4-25-18(17-11-6-5-8-13(17)2)23-24-20(25)27-14(3)19(26)22-16-10-7-9-15(21)12-16/h5-12,14H,4H2,1-3H3,(H,22,26). The zero-order valence-electron chi connectivity index (χ0n) is 15.4. The van der Waals surface area contributed by atoms with Crippen LogP contribution in [0.5, 0.6) is 0 Å². The van der Waals surface area contributed by atoms with E-state index in [1.54, 1.807) is 19.1 Å². The summed E-state index contributed by atoms with van der Waals surface area (Å²) in [6, 6.07) is 13.9. The topological polar surface area (TPSA) is 59.8 Å². The van der Waals surface area contributed by atoms with E-state index in [9.17, 15) is 9.18 Å². The van der Waals surface area contributed by atoms with Crippen molar-refractivity contribution >= 4 is 23.4 Å². The summed E-state index contributed by atoms with van der Waals surface area (Å²) in [4.78, 5) is 12.4. The molecule has 0 fully saturated rings. The third kappa shape index (κ3) is 4.36. The number of anilines is 1. The van der Waals surface area contributed by atoms with Gasteiger partial charge in [0.1, 0.15) is 5.82 Å². The molecule has 140 valence electrons. The van der Waals surface area contributed by atoms with Crippen LogP contribution >= 0.6 is 11.8 Å². The van der Waals surface area contributed by atoms with Crippen LogP contribution in [0.4, 0.5) is 10.1 Å². The maximum absolute atomic E-state index is 13.3. The van der Waals surface area contributed by atoms with Gasteiger partial charge in [-0.25, -0.2) is 4.39 Å². The fraction of sp³-hybridized carbons (Fsp3) is 0.250. The number of nitrogens with zero attached hydrogens (tertiary/aromatic N) is 3. The van der Waals surface area contributed by atoms with Crippen molar-refractivity contribution in [3.63, 3.8) is 0 Å². The number of nitrogens with one attached hydrogen (secondary N) is 1. The lowest BCUT2D eigenvalue weighted by atomic mass is 10.1. The Morgan fingerprint density at radius 3 is 2.70 bits per heavy atom. The van der Waals surface area contributed by atoms with Crippen molar-refractivity contribution in [1.82, 2.24) is 14.8 Å². The molecule has 0 aliphatic carbocycles. The number of aryl methyl sites for hydroxylation is 1. The Hall–Kier alpha value is -2.67. The highest BCUT2D eigenvalue weighted by Gasteiger charge is 2.21. The van der Waals surface area contributed by atoms with Crippen molar-refractivity contribution in [1.29, 1.82) is 0 Å². The first-order valence-corrected chi connectivity index (χ1v) is 9.60. The molecular formula is C20H21FN4OS. The highest BCUT2D eigenvalue weighted by Crippen LogP contribution is 2.28. The van der Waals surface area contributed by atoms with Gasteiger partial charge in [0.2, 0.25) is 5.91 Å². The van der Waals surface area contributed by atoms with Crippen LogP contribution in [0.3, 0.4) is 0 Å². The quantitative estimate of drug-likeness (QED) is 0.634. The summed E-state index contributed by atoms with van der Waals surface area (Å²) >= 11 is 1.33. The lowest BCUT2D eigenvalue weighted by Gasteiger charge is -2.13. The number of halogens is 1. The minimum absolute atomic E-state index is 0.214. The van der Waals surface area contributed by atoms with Crippen molar-refractivity contribution in [2.75, 3.05) is 5.32 Å². The first-order chi connectivity index (χ1) is 13.0. The molecule has 0 bridgehead atoms. The van der Waals surface area contributed by atoms with Gasteiger partial charge in [0.05, 0.1) is 5.25 Å². The van der Waals surface area contributed by atoms with Gasteiger partial charge in [-0.05, 0) is 44.5 Å². The number of rotatable bonds is 6. The van der Waals surface area contributed by atoms with E-state index in [0.29, 0.717) is 17.4 Å². The molecule has 1 heterocycles. The molecule has 5 nitrogen and oxygen atoms in total. The Morgan fingerprint density at radius 2 is 2.00 bits per heavy atom. The molecule has 1 amide bonds. The van der Waals surface area contributed by atoms with Crippen molar-refractivity contribution in [2.45, 2.75) is 37.7 Å². The Bertz CT molecular complexity index is 957. The molecule has 1 aromatic heterocycles. The monoisotopic (exact) mass is 384 g/mol. The van der Waals surface area contributed by atoms with E-state index >= 15 is 0 Å². The van der Waals surface area contributed by atoms with Crippen LogP contribution in [0.25, 0.3) is 11.4 Å². The van der Waals surface area contributed by atoms with Crippen LogP contribution in [0.2, 0.25) is 0 Å². The average molecular weight is 384 g/mol. The van der Waals surface area contributed by atoms with Crippen molar-refractivity contribution in [3.05, 3.63) is 59.9 Å². The first kappa shape index (κ1) is 19.1. The van der Waals surface area contributed by atoms with E-state index in [1.165, 1.54) is 23.9 Å². The summed E-state index contributed by atoms with van der Waals surface area (Å²) in [6.07, 6.45) is 0. The zero-order valence-corrected chi connectivity index (χ0v) is 16.3. The maximum atomic E-state index is 13.3. The SMILES string of the molecule is CCn1c(SC(C)C(=O)Nc2cccc(F)c2)nnc1-c1ccccc1C. The lowest BCUT2D eigenvalue weighted by molar-refractivity contribution is -0.115. The van der Waals surface area contributed by atoms with E-state index in [0.717, 1.165) is 17.0 Å². The van der Waals surface area contributed by atoms with Crippen LogP contribution in [-0.2, 0) is 11.3 Å². The predicted octanol–water partition coefficient (Wildman–Crippen LogP) is 4.53. The second-order valence-electron chi connectivity index (χ2n) is 6.13. The molecule has 1 unspecified atom stereocenters. The maximum Gasteiger partial charge on any atom is 0.237 e. The largest absolute Gasteiger partial charge is 0.325 e. The highest BCUT2D eigenvalue weighted by molar-refractivity contribution is 8.00. The molecule has 1 atom stereocenters. The van der Waals surface area contributed by atoms with Gasteiger partial charge in [-0.2, -0.15) is 0 Å². The summed E-state index contributed by atoms with van der Waals surface area (Å²) in [7, 11) is 0. The Kier molecular flexibility index (Phi) is 5.91. The van der Waals surface area contributed by atoms with Gasteiger partial charge in [0.15, 0.2) is 11.0 Å². The van der Waals surface area contributed by atoms with Gasteiger partial charge in [-0.3, -0.25) is 4.79 Å². The van der Waals surface area contributed by atoms with Crippen LogP contribution in [0, 0.1) is 12.7 Å². The smallest absolute Gasteiger partial charge is 0.237 e. The fourth-order valence-corrected chi connectivity index (χ4v) is 3.62. The minimum atomic E-state index is -0.410. The molecule has 27 heavy (non-hydrogen) atoms. The molecule has 0 spiro atoms. The summed E-state index contributed by atoms with van der Waals surface area (Å²) < 4.78 is 15.3. The second kappa shape index (κ2) is 8.35. The Balaban J connectivity index is 1.77. The number of hydrogen-bond acceptors (Lipinski definition) is 4. The van der Waals surface area contributed by atoms with Gasteiger partial charge in [0.25, 0.3) is 0 Å². The molecule has 0 aliphatic rings. The molecular weight excluding hydrogens is 363 g/mol. The number of aromatic nitrogens is 3. The number of thioether (sulfide) groups is 1. The number of carbonyl (C=O) groups is 1. The molecule has 0 aliphatic heterocycles. The molecule has 2 aromatic carbocycles. The molecule has 3 rings (SSSR count). The van der Waals surface area contributed by atoms with Crippen LogP contribution in [-0.4, -0.2) is 25.9 Å². The van der Waals surface area contributed by atoms with Crippen molar-refractivity contribution < 1.29 is 9.18 Å². The van der Waals surface area contributed by atoms with Gasteiger partial charge in [0, 0.05) is 17.8 Å². The molecule has 3 aromatic rings. The molecule has 0 saturated heterocycles. The Morgan fingerprint density at radius 1 is 1.22 bits per heavy atom. The Labute approximate surface area is 162 Å². The van der Waals surface area contributed by atoms with Gasteiger partial charge >= 0.3 is 0 Å². The number of amides is 1. The number of carbonyl (C=O) groups excluding carboxylic acids is 1. The van der Waals surface area contributed by atoms with Crippen LogP contribution < -0.4 is 5.32 Å². The number of hydrogen-bond donors (Lipinski definition) is 1. The van der Waals surface area contributed by atoms with Gasteiger partial charge in [-0.1, -0.05) is 42.1 Å². The molecule has 0 radical (unpaired) electrons. The molecule has 1 N–H and O–H groups in total. The van der Waals surface area contributed by atoms with E-state index < -0.39 is 5.25 Å². The summed E-state index contributed by atoms with van der Waals surface area (Å²) in [5.74, 6) is 0.186. The van der Waals surface area contributed by atoms with Crippen molar-refractivity contribution in [3.8, 4) is 11.4 Å². The van der Waals surface area contributed by atoms with E-state index in [-0.39, 0.29) is 11.7 Å². The summed E-state index contributed by atoms with van der Waals surface area (Å²) in [5.41, 5.74) is 2.58. The zero-order chi connectivity index (χ0) is 19.4. The highest BCUT2D eigenvalue weighted by atomic mass is 32.2. The van der Waals surface area contributed by atoms with Gasteiger partial charge < -0.3 is 9.88 Å². The van der Waals surface area contributed by atoms with Crippen molar-refractivity contribution in [2.24, 2.45) is 0 Å². The lowest BCUT2D eigenvalue weighted by Crippen LogP contribution is -2.23. The third-order valence-corrected chi connectivity index (χ3v) is 5.24. The van der Waals surface area contributed by atoms with E-state index in [2.05, 4.69) is 15.5 Å². The summed E-state index contributed by atoms with van der Waals surface area (Å²) in [5, 5.41) is 11.6. The normalized spacial score (nSPS) is 12.0. The fourth-order valence-electron chi connectivity index (χ4n) is 2.71. The average Bonchev–Trinajstić information content (AvgIpc) is 3.04.